The zero-order valence-electron chi connectivity index (χ0n) is 13.2. The van der Waals surface area contributed by atoms with Crippen molar-refractivity contribution in [3.8, 4) is 0 Å². The number of nitrogens with zero attached hydrogens (tertiary/aromatic N) is 3. The van der Waals surface area contributed by atoms with Gasteiger partial charge in [-0.1, -0.05) is 11.8 Å². The number of fused-ring (bicyclic) bond motifs is 4. The summed E-state index contributed by atoms with van der Waals surface area (Å²) in [6.45, 7) is 2.84. The van der Waals surface area contributed by atoms with E-state index in [1.165, 1.54) is 17.8 Å². The molecule has 8 heteroatoms. The second-order valence-corrected chi connectivity index (χ2v) is 7.12. The Morgan fingerprint density at radius 1 is 1.39 bits per heavy atom. The molecule has 0 unspecified atom stereocenters. The second-order valence-electron chi connectivity index (χ2n) is 6.16. The topological polar surface area (TPSA) is 86.4 Å². The number of aryl methyl sites for hydroxylation is 1. The summed E-state index contributed by atoms with van der Waals surface area (Å²) < 4.78 is 0. The second kappa shape index (κ2) is 6.35. The van der Waals surface area contributed by atoms with Gasteiger partial charge in [0.25, 0.3) is 5.56 Å². The summed E-state index contributed by atoms with van der Waals surface area (Å²) in [6, 6.07) is 1.53. The molecule has 124 valence electrons. The number of amides is 2. The van der Waals surface area contributed by atoms with Gasteiger partial charge >= 0.3 is 0 Å². The maximum Gasteiger partial charge on any atom is 0.251 e. The molecule has 2 atom stereocenters. The van der Waals surface area contributed by atoms with Crippen molar-refractivity contribution < 1.29 is 9.59 Å². The van der Waals surface area contributed by atoms with Crippen molar-refractivity contribution in [3.63, 3.8) is 0 Å². The molecule has 3 fully saturated rings. The first-order chi connectivity index (χ1) is 10.9. The third-order valence-corrected chi connectivity index (χ3v) is 5.36. The number of rotatable bonds is 3. The maximum atomic E-state index is 12.5. The van der Waals surface area contributed by atoms with E-state index in [0.717, 1.165) is 12.8 Å². The largest absolute Gasteiger partial charge is 0.341 e. The molecule has 2 bridgehead atoms. The van der Waals surface area contributed by atoms with Gasteiger partial charge in [0.05, 0.1) is 11.7 Å². The van der Waals surface area contributed by atoms with Gasteiger partial charge in [-0.25, -0.2) is 4.98 Å². The molecule has 1 aromatic heterocycles. The SMILES string of the molecule is Cc1cc(=O)[nH]c(SCC(=O)N2C[C@H]3CC[C@@H](C2)N(C)C3=O)n1. The van der Waals surface area contributed by atoms with Crippen LogP contribution < -0.4 is 5.56 Å². The van der Waals surface area contributed by atoms with Gasteiger partial charge in [-0.2, -0.15) is 0 Å². The van der Waals surface area contributed by atoms with Crippen molar-refractivity contribution in [2.45, 2.75) is 31.0 Å². The highest BCUT2D eigenvalue weighted by Crippen LogP contribution is 2.28. The van der Waals surface area contributed by atoms with Crippen molar-refractivity contribution in [1.29, 1.82) is 0 Å². The van der Waals surface area contributed by atoms with Crippen molar-refractivity contribution in [3.05, 3.63) is 22.1 Å². The van der Waals surface area contributed by atoms with Gasteiger partial charge < -0.3 is 14.8 Å². The summed E-state index contributed by atoms with van der Waals surface area (Å²) in [5.41, 5.74) is 0.413. The number of aromatic amines is 1. The highest BCUT2D eigenvalue weighted by Gasteiger charge is 2.39. The number of hydrogen-bond acceptors (Lipinski definition) is 5. The van der Waals surface area contributed by atoms with Crippen LogP contribution in [0.5, 0.6) is 0 Å². The van der Waals surface area contributed by atoms with Gasteiger partial charge in [-0.3, -0.25) is 14.4 Å². The fraction of sp³-hybridized carbons (Fsp3) is 0.600. The molecule has 3 aliphatic rings. The fourth-order valence-electron chi connectivity index (χ4n) is 3.20. The lowest BCUT2D eigenvalue weighted by molar-refractivity contribution is -0.138. The lowest BCUT2D eigenvalue weighted by Crippen LogP contribution is -2.45. The number of likely N-dealkylation sites (N-methyl/N-ethyl adjacent to an activating group) is 1. The van der Waals surface area contributed by atoms with Crippen LogP contribution in [0.2, 0.25) is 0 Å². The Balaban J connectivity index is 1.64. The van der Waals surface area contributed by atoms with Gasteiger partial charge in [-0.05, 0) is 19.8 Å². The molecular weight excluding hydrogens is 316 g/mol. The van der Waals surface area contributed by atoms with Crippen LogP contribution in [0.1, 0.15) is 18.5 Å². The van der Waals surface area contributed by atoms with Gasteiger partial charge in [-0.15, -0.1) is 0 Å². The Bertz CT molecular complexity index is 690. The van der Waals surface area contributed by atoms with E-state index in [0.29, 0.717) is 23.9 Å². The summed E-state index contributed by atoms with van der Waals surface area (Å²) in [5.74, 6) is 0.265. The third-order valence-electron chi connectivity index (χ3n) is 4.50. The van der Waals surface area contributed by atoms with Crippen LogP contribution >= 0.6 is 11.8 Å². The van der Waals surface area contributed by atoms with E-state index in [2.05, 4.69) is 9.97 Å². The van der Waals surface area contributed by atoms with Crippen molar-refractivity contribution >= 4 is 23.6 Å². The number of aromatic nitrogens is 2. The summed E-state index contributed by atoms with van der Waals surface area (Å²) in [5, 5.41) is 0.453. The molecule has 0 radical (unpaired) electrons. The highest BCUT2D eigenvalue weighted by atomic mass is 32.2. The minimum absolute atomic E-state index is 0.0147. The molecule has 3 aliphatic heterocycles. The highest BCUT2D eigenvalue weighted by molar-refractivity contribution is 7.99. The van der Waals surface area contributed by atoms with Crippen LogP contribution in [-0.2, 0) is 9.59 Å². The Hall–Kier alpha value is -1.83. The van der Waals surface area contributed by atoms with Crippen LogP contribution in [0.3, 0.4) is 0 Å². The average Bonchev–Trinajstić information content (AvgIpc) is 2.78. The van der Waals surface area contributed by atoms with E-state index in [1.54, 1.807) is 16.7 Å². The lowest BCUT2D eigenvalue weighted by Gasteiger charge is -2.32. The van der Waals surface area contributed by atoms with Crippen molar-refractivity contribution in [2.75, 3.05) is 25.9 Å². The van der Waals surface area contributed by atoms with Crippen molar-refractivity contribution in [1.82, 2.24) is 19.8 Å². The van der Waals surface area contributed by atoms with E-state index in [-0.39, 0.29) is 35.1 Å². The van der Waals surface area contributed by atoms with E-state index < -0.39 is 0 Å². The van der Waals surface area contributed by atoms with Gasteiger partial charge in [0.15, 0.2) is 5.16 Å². The standard InChI is InChI=1S/C15H20N4O3S/c1-9-5-12(20)17-15(16-9)23-8-13(21)19-6-10-3-4-11(7-19)18(2)14(10)22/h5,10-11H,3-4,6-8H2,1-2H3,(H,16,17,20)/t10-,11+/m1/s1. The number of carbonyl (C=O) groups is 2. The van der Waals surface area contributed by atoms with Crippen molar-refractivity contribution in [2.24, 2.45) is 5.92 Å². The molecular formula is C15H20N4O3S. The summed E-state index contributed by atoms with van der Waals surface area (Å²) in [6.07, 6.45) is 1.81. The molecule has 0 saturated carbocycles. The summed E-state index contributed by atoms with van der Waals surface area (Å²) in [4.78, 5) is 46.5. The molecule has 7 nitrogen and oxygen atoms in total. The van der Waals surface area contributed by atoms with E-state index in [4.69, 9.17) is 0 Å². The average molecular weight is 336 g/mol. The number of piperidine rings is 1. The first kappa shape index (κ1) is 16.0. The first-order valence-electron chi connectivity index (χ1n) is 7.69. The lowest BCUT2D eigenvalue weighted by atomic mass is 9.95. The number of nitrogens with one attached hydrogen (secondary N) is 1. The Labute approximate surface area is 138 Å². The normalized spacial score (nSPS) is 24.0. The van der Waals surface area contributed by atoms with E-state index >= 15 is 0 Å². The van der Waals surface area contributed by atoms with Crippen LogP contribution in [-0.4, -0.2) is 63.5 Å². The number of H-pyrrole nitrogens is 1. The minimum Gasteiger partial charge on any atom is -0.341 e. The van der Waals surface area contributed by atoms with Gasteiger partial charge in [0.2, 0.25) is 11.8 Å². The molecule has 2 amide bonds. The Morgan fingerprint density at radius 2 is 2.17 bits per heavy atom. The molecule has 4 heterocycles. The molecule has 4 rings (SSSR count). The Kier molecular flexibility index (Phi) is 4.43. The molecule has 23 heavy (non-hydrogen) atoms. The minimum atomic E-state index is -0.215. The van der Waals surface area contributed by atoms with E-state index in [9.17, 15) is 14.4 Å². The van der Waals surface area contributed by atoms with Gasteiger partial charge in [0.1, 0.15) is 0 Å². The zero-order chi connectivity index (χ0) is 16.6. The molecule has 0 spiro atoms. The predicted octanol–water partition coefficient (Wildman–Crippen LogP) is 0.250. The smallest absolute Gasteiger partial charge is 0.251 e. The van der Waals surface area contributed by atoms with E-state index in [1.807, 2.05) is 7.05 Å². The third kappa shape index (κ3) is 3.41. The van der Waals surface area contributed by atoms with Crippen LogP contribution in [0.25, 0.3) is 0 Å². The maximum absolute atomic E-state index is 12.5. The first-order valence-corrected chi connectivity index (χ1v) is 8.68. The quantitative estimate of drug-likeness (QED) is 0.632. The zero-order valence-corrected chi connectivity index (χ0v) is 14.1. The number of thioether (sulfide) groups is 1. The predicted molar refractivity (Wildman–Crippen MR) is 86.2 cm³/mol. The van der Waals surface area contributed by atoms with Crippen LogP contribution in [0.15, 0.2) is 16.0 Å². The molecule has 0 aromatic carbocycles. The molecule has 1 aromatic rings. The number of hydrogen-bond donors (Lipinski definition) is 1. The molecule has 3 saturated heterocycles. The molecule has 1 N–H and O–H groups in total. The molecule has 0 aliphatic carbocycles. The summed E-state index contributed by atoms with van der Waals surface area (Å²) in [7, 11) is 1.82. The number of carbonyl (C=O) groups excluding carboxylic acids is 2. The fourth-order valence-corrected chi connectivity index (χ4v) is 4.03. The van der Waals surface area contributed by atoms with Crippen LogP contribution in [0, 0.1) is 12.8 Å². The monoisotopic (exact) mass is 336 g/mol. The van der Waals surface area contributed by atoms with Crippen LogP contribution in [0.4, 0.5) is 0 Å². The summed E-state index contributed by atoms with van der Waals surface area (Å²) >= 11 is 1.23. The van der Waals surface area contributed by atoms with Gasteiger partial charge in [0, 0.05) is 37.9 Å². The Morgan fingerprint density at radius 3 is 2.91 bits per heavy atom.